The molecule has 3 atom stereocenters. The molecule has 0 amide bonds. The van der Waals surface area contributed by atoms with Gasteiger partial charge in [0.25, 0.3) is 5.92 Å². The van der Waals surface area contributed by atoms with Gasteiger partial charge < -0.3 is 10.1 Å². The fraction of sp³-hybridized carbons (Fsp3) is 0.259. The normalized spacial score (nSPS) is 22.6. The summed E-state index contributed by atoms with van der Waals surface area (Å²) in [5.74, 6) is -4.67. The van der Waals surface area contributed by atoms with Gasteiger partial charge >= 0.3 is 0 Å². The van der Waals surface area contributed by atoms with E-state index in [0.29, 0.717) is 33.5 Å². The Hall–Kier alpha value is -3.70. The lowest BCUT2D eigenvalue weighted by atomic mass is 9.74. The largest absolute Gasteiger partial charge is 0.382 e. The molecule has 0 saturated carbocycles. The smallest absolute Gasteiger partial charge is 0.281 e. The number of aromatic amines is 1. The molecule has 2 aromatic carbocycles. The van der Waals surface area contributed by atoms with Crippen molar-refractivity contribution in [1.82, 2.24) is 9.97 Å². The van der Waals surface area contributed by atoms with Crippen molar-refractivity contribution in [2.24, 2.45) is 0 Å². The Morgan fingerprint density at radius 1 is 1.09 bits per heavy atom. The molecule has 0 fully saturated rings. The Morgan fingerprint density at radius 2 is 1.91 bits per heavy atom. The molecule has 2 aromatic heterocycles. The van der Waals surface area contributed by atoms with Gasteiger partial charge in [-0.3, -0.25) is 0 Å². The summed E-state index contributed by atoms with van der Waals surface area (Å²) in [6, 6.07) is 11.1. The molecular formula is C27H19F4N3O. The average molecular weight is 477 g/mol. The van der Waals surface area contributed by atoms with Crippen LogP contribution >= 0.6 is 0 Å². The molecule has 0 unspecified atom stereocenters. The average Bonchev–Trinajstić information content (AvgIpc) is 3.37. The van der Waals surface area contributed by atoms with Gasteiger partial charge in [0, 0.05) is 35.7 Å². The standard InChI is InChI=1S/C27H19F4N3O/c28-14-8-13(11-32)23-16(5-6-22(29)19(23)9-14)15-3-4-17(24-20(15)10-27(30,31)25(24)35)21-12-34-26-18(21)2-1-7-33-26/h1-4,7-9,12,16,22,25,35H,5-6,10H2,(H,33,34)/t16-,22+,25+/m1/s1. The van der Waals surface area contributed by atoms with Crippen molar-refractivity contribution in [3.63, 3.8) is 0 Å². The number of aliphatic hydroxyl groups excluding tert-OH is 1. The summed E-state index contributed by atoms with van der Waals surface area (Å²) in [6.07, 6.45) is -0.490. The summed E-state index contributed by atoms with van der Waals surface area (Å²) in [7, 11) is 0. The summed E-state index contributed by atoms with van der Waals surface area (Å²) in [5, 5.41) is 21.1. The van der Waals surface area contributed by atoms with Crippen molar-refractivity contribution in [2.45, 2.75) is 43.4 Å². The van der Waals surface area contributed by atoms with Crippen molar-refractivity contribution >= 4 is 11.0 Å². The number of nitrogens with zero attached hydrogens (tertiary/aromatic N) is 2. The van der Waals surface area contributed by atoms with Gasteiger partial charge in [-0.05, 0) is 70.5 Å². The lowest BCUT2D eigenvalue weighted by Gasteiger charge is -2.31. The van der Waals surface area contributed by atoms with Crippen LogP contribution in [-0.4, -0.2) is 21.0 Å². The molecule has 2 aliphatic carbocycles. The van der Waals surface area contributed by atoms with Crippen molar-refractivity contribution in [3.05, 3.63) is 88.0 Å². The Kier molecular flexibility index (Phi) is 4.77. The number of rotatable bonds is 2. The first-order valence-electron chi connectivity index (χ1n) is 11.3. The number of hydrogen-bond acceptors (Lipinski definition) is 3. The van der Waals surface area contributed by atoms with Crippen LogP contribution in [0.15, 0.2) is 48.8 Å². The Labute approximate surface area is 197 Å². The van der Waals surface area contributed by atoms with E-state index in [1.807, 2.05) is 12.1 Å². The van der Waals surface area contributed by atoms with Crippen LogP contribution in [-0.2, 0) is 6.42 Å². The van der Waals surface area contributed by atoms with Gasteiger partial charge in [-0.2, -0.15) is 5.26 Å². The van der Waals surface area contributed by atoms with Gasteiger partial charge in [0.05, 0.1) is 11.6 Å². The predicted molar refractivity (Wildman–Crippen MR) is 121 cm³/mol. The molecule has 8 heteroatoms. The number of hydrogen-bond donors (Lipinski definition) is 2. The van der Waals surface area contributed by atoms with E-state index < -0.39 is 36.4 Å². The Morgan fingerprint density at radius 3 is 2.71 bits per heavy atom. The third-order valence-corrected chi connectivity index (χ3v) is 7.29. The molecule has 4 aromatic rings. The van der Waals surface area contributed by atoms with E-state index in [1.54, 1.807) is 30.6 Å². The van der Waals surface area contributed by atoms with Crippen LogP contribution in [0.1, 0.15) is 64.4 Å². The highest BCUT2D eigenvalue weighted by molar-refractivity contribution is 5.95. The molecular weight excluding hydrogens is 458 g/mol. The van der Waals surface area contributed by atoms with Gasteiger partial charge in [-0.1, -0.05) is 12.1 Å². The lowest BCUT2D eigenvalue weighted by Crippen LogP contribution is -2.22. The Balaban J connectivity index is 1.60. The first-order valence-corrected chi connectivity index (χ1v) is 11.3. The van der Waals surface area contributed by atoms with E-state index in [9.17, 15) is 27.9 Å². The van der Waals surface area contributed by atoms with E-state index in [-0.39, 0.29) is 29.5 Å². The molecule has 176 valence electrons. The fourth-order valence-electron chi connectivity index (χ4n) is 5.78. The first kappa shape index (κ1) is 21.8. The molecule has 2 heterocycles. The maximum Gasteiger partial charge on any atom is 0.281 e. The highest BCUT2D eigenvalue weighted by Gasteiger charge is 2.50. The summed E-state index contributed by atoms with van der Waals surface area (Å²) < 4.78 is 58.7. The van der Waals surface area contributed by atoms with Crippen LogP contribution in [0.25, 0.3) is 22.2 Å². The number of halogens is 4. The van der Waals surface area contributed by atoms with Crippen LogP contribution in [0.3, 0.4) is 0 Å². The van der Waals surface area contributed by atoms with Crippen LogP contribution in [0.5, 0.6) is 0 Å². The summed E-state index contributed by atoms with van der Waals surface area (Å²) in [5.41, 5.74) is 3.04. The molecule has 6 rings (SSSR count). The van der Waals surface area contributed by atoms with Crippen LogP contribution in [0.4, 0.5) is 17.6 Å². The highest BCUT2D eigenvalue weighted by atomic mass is 19.3. The molecule has 0 bridgehead atoms. The quantitative estimate of drug-likeness (QED) is 0.328. The topological polar surface area (TPSA) is 72.7 Å². The first-order chi connectivity index (χ1) is 16.8. The van der Waals surface area contributed by atoms with Crippen molar-refractivity contribution in [2.75, 3.05) is 0 Å². The minimum atomic E-state index is -3.39. The zero-order valence-corrected chi connectivity index (χ0v) is 18.3. The molecule has 0 aliphatic heterocycles. The predicted octanol–water partition coefficient (Wildman–Crippen LogP) is 6.40. The van der Waals surface area contributed by atoms with Gasteiger partial charge in [0.15, 0.2) is 0 Å². The molecule has 0 radical (unpaired) electrons. The van der Waals surface area contributed by atoms with Crippen LogP contribution in [0.2, 0.25) is 0 Å². The summed E-state index contributed by atoms with van der Waals surface area (Å²) in [6.45, 7) is 0. The van der Waals surface area contributed by atoms with E-state index in [1.165, 1.54) is 0 Å². The van der Waals surface area contributed by atoms with E-state index >= 15 is 0 Å². The zero-order chi connectivity index (χ0) is 24.5. The molecule has 2 N–H and O–H groups in total. The second kappa shape index (κ2) is 7.65. The highest BCUT2D eigenvalue weighted by Crippen LogP contribution is 2.53. The SMILES string of the molecule is N#Cc1cc(F)cc2c1[C@@H](c1ccc(-c3c[nH]c4ncccc34)c3c1CC(F)(F)[C@H]3O)CC[C@@H]2F. The minimum Gasteiger partial charge on any atom is -0.382 e. The third-order valence-electron chi connectivity index (χ3n) is 7.29. The minimum absolute atomic E-state index is 0.00168. The van der Waals surface area contributed by atoms with Crippen molar-refractivity contribution in [1.29, 1.82) is 5.26 Å². The fourth-order valence-corrected chi connectivity index (χ4v) is 5.78. The summed E-state index contributed by atoms with van der Waals surface area (Å²) >= 11 is 0. The van der Waals surface area contributed by atoms with E-state index in [0.717, 1.165) is 17.5 Å². The van der Waals surface area contributed by atoms with Gasteiger partial charge in [0.1, 0.15) is 23.7 Å². The van der Waals surface area contributed by atoms with E-state index in [2.05, 4.69) is 9.97 Å². The van der Waals surface area contributed by atoms with Gasteiger partial charge in [0.2, 0.25) is 0 Å². The molecule has 0 saturated heterocycles. The van der Waals surface area contributed by atoms with Crippen molar-refractivity contribution in [3.8, 4) is 17.2 Å². The number of nitrogens with one attached hydrogen (secondary N) is 1. The van der Waals surface area contributed by atoms with E-state index in [4.69, 9.17) is 0 Å². The number of fused-ring (bicyclic) bond motifs is 3. The second-order valence-corrected chi connectivity index (χ2v) is 9.20. The molecule has 0 spiro atoms. The summed E-state index contributed by atoms with van der Waals surface area (Å²) in [4.78, 5) is 7.29. The molecule has 35 heavy (non-hydrogen) atoms. The molecule has 4 nitrogen and oxygen atoms in total. The maximum absolute atomic E-state index is 14.9. The maximum atomic E-state index is 14.9. The number of aromatic nitrogens is 2. The second-order valence-electron chi connectivity index (χ2n) is 9.20. The number of nitriles is 1. The number of aliphatic hydroxyl groups is 1. The number of benzene rings is 2. The number of alkyl halides is 3. The Bertz CT molecular complexity index is 1540. The molecule has 2 aliphatic rings. The van der Waals surface area contributed by atoms with Crippen LogP contribution in [0, 0.1) is 17.1 Å². The van der Waals surface area contributed by atoms with Crippen LogP contribution < -0.4 is 0 Å². The zero-order valence-electron chi connectivity index (χ0n) is 18.3. The monoisotopic (exact) mass is 477 g/mol. The lowest BCUT2D eigenvalue weighted by molar-refractivity contribution is -0.0966. The number of H-pyrrole nitrogens is 1. The van der Waals surface area contributed by atoms with Gasteiger partial charge in [-0.15, -0.1) is 0 Å². The number of pyridine rings is 1. The van der Waals surface area contributed by atoms with Crippen molar-refractivity contribution < 1.29 is 22.7 Å². The van der Waals surface area contributed by atoms with Gasteiger partial charge in [-0.25, -0.2) is 22.5 Å². The third kappa shape index (κ3) is 3.18.